The summed E-state index contributed by atoms with van der Waals surface area (Å²) in [6, 6.07) is 0. The van der Waals surface area contributed by atoms with Gasteiger partial charge in [-0.25, -0.2) is 0 Å². The van der Waals surface area contributed by atoms with E-state index in [1.165, 1.54) is 25.7 Å². The van der Waals surface area contributed by atoms with Gasteiger partial charge >= 0.3 is 0 Å². The lowest BCUT2D eigenvalue weighted by molar-refractivity contribution is -0.126. The molecule has 2 bridgehead atoms. The van der Waals surface area contributed by atoms with Gasteiger partial charge in [-0.1, -0.05) is 36.2 Å². The zero-order valence-corrected chi connectivity index (χ0v) is 12.7. The molecule has 0 N–H and O–H groups in total. The van der Waals surface area contributed by atoms with E-state index >= 15 is 0 Å². The van der Waals surface area contributed by atoms with Crippen LogP contribution in [0.2, 0.25) is 0 Å². The molecule has 0 aromatic rings. The Morgan fingerprint density at radius 2 is 2.06 bits per heavy atom. The first-order valence-electron chi connectivity index (χ1n) is 7.04. The molecule has 5 atom stereocenters. The number of hydrogen-bond acceptors (Lipinski definition) is 1. The predicted molar refractivity (Wildman–Crippen MR) is 73.2 cm³/mol. The molecule has 1 spiro atoms. The van der Waals surface area contributed by atoms with Crippen LogP contribution in [0.5, 0.6) is 0 Å². The zero-order valence-electron chi connectivity index (χ0n) is 11.1. The van der Waals surface area contributed by atoms with E-state index in [0.29, 0.717) is 33.3 Å². The van der Waals surface area contributed by atoms with Crippen LogP contribution in [0.3, 0.4) is 0 Å². The van der Waals surface area contributed by atoms with Gasteiger partial charge in [0.05, 0.1) is 0 Å². The molecule has 17 heavy (non-hydrogen) atoms. The second-order valence-corrected chi connectivity index (χ2v) is 8.19. The minimum absolute atomic E-state index is 0.366. The van der Waals surface area contributed by atoms with Crippen molar-refractivity contribution in [3.63, 3.8) is 0 Å². The molecular formula is C15H23BrO. The second-order valence-electron chi connectivity index (χ2n) is 7.27. The normalized spacial score (nSPS) is 51.3. The smallest absolute Gasteiger partial charge is 0.133 e. The highest BCUT2D eigenvalue weighted by molar-refractivity contribution is 9.09. The monoisotopic (exact) mass is 298 g/mol. The molecule has 3 aliphatic carbocycles. The van der Waals surface area contributed by atoms with Crippen molar-refractivity contribution in [3.05, 3.63) is 0 Å². The summed E-state index contributed by atoms with van der Waals surface area (Å²) in [5, 5.41) is 0. The van der Waals surface area contributed by atoms with Crippen LogP contribution >= 0.6 is 15.9 Å². The number of alkyl halides is 1. The number of rotatable bonds is 1. The van der Waals surface area contributed by atoms with Gasteiger partial charge in [-0.05, 0) is 55.3 Å². The fraction of sp³-hybridized carbons (Fsp3) is 0.933. The Bertz CT molecular complexity index is 362. The predicted octanol–water partition coefficient (Wildman–Crippen LogP) is 4.19. The van der Waals surface area contributed by atoms with Crippen LogP contribution in [0.4, 0.5) is 0 Å². The first-order chi connectivity index (χ1) is 7.89. The first kappa shape index (κ1) is 12.2. The molecule has 1 nitrogen and oxygen atoms in total. The maximum atomic E-state index is 11.9. The number of ketones is 1. The van der Waals surface area contributed by atoms with Crippen LogP contribution in [0.15, 0.2) is 0 Å². The van der Waals surface area contributed by atoms with Crippen LogP contribution in [0.25, 0.3) is 0 Å². The van der Waals surface area contributed by atoms with E-state index < -0.39 is 0 Å². The summed E-state index contributed by atoms with van der Waals surface area (Å²) in [6.07, 6.45) is 6.42. The van der Waals surface area contributed by atoms with E-state index in [9.17, 15) is 4.79 Å². The van der Waals surface area contributed by atoms with Crippen molar-refractivity contribution in [2.24, 2.45) is 28.6 Å². The second kappa shape index (κ2) is 3.59. The lowest BCUT2D eigenvalue weighted by Crippen LogP contribution is -2.48. The summed E-state index contributed by atoms with van der Waals surface area (Å²) < 4.78 is 0. The van der Waals surface area contributed by atoms with E-state index in [2.05, 4.69) is 29.8 Å². The lowest BCUT2D eigenvalue weighted by atomic mass is 9.57. The van der Waals surface area contributed by atoms with Crippen molar-refractivity contribution < 1.29 is 4.79 Å². The van der Waals surface area contributed by atoms with Crippen molar-refractivity contribution in [2.75, 3.05) is 0 Å². The molecule has 0 aromatic carbocycles. The third-order valence-electron chi connectivity index (χ3n) is 6.28. The summed E-state index contributed by atoms with van der Waals surface area (Å²) in [5.41, 5.74) is 0.873. The van der Waals surface area contributed by atoms with Gasteiger partial charge in [-0.3, -0.25) is 4.79 Å². The summed E-state index contributed by atoms with van der Waals surface area (Å²) in [6.45, 7) is 6.64. The Morgan fingerprint density at radius 3 is 2.65 bits per heavy atom. The fourth-order valence-electron chi connectivity index (χ4n) is 5.36. The Morgan fingerprint density at radius 1 is 1.35 bits per heavy atom. The van der Waals surface area contributed by atoms with Crippen molar-refractivity contribution in [2.45, 2.75) is 57.7 Å². The average Bonchev–Trinajstić information content (AvgIpc) is 2.73. The highest BCUT2D eigenvalue weighted by Gasteiger charge is 2.67. The quantitative estimate of drug-likeness (QED) is 0.663. The van der Waals surface area contributed by atoms with Gasteiger partial charge in [0.25, 0.3) is 0 Å². The van der Waals surface area contributed by atoms with Gasteiger partial charge in [0.1, 0.15) is 5.78 Å². The van der Waals surface area contributed by atoms with Gasteiger partial charge < -0.3 is 0 Å². The topological polar surface area (TPSA) is 17.1 Å². The van der Waals surface area contributed by atoms with E-state index in [4.69, 9.17) is 0 Å². The van der Waals surface area contributed by atoms with Crippen molar-refractivity contribution in [3.8, 4) is 0 Å². The maximum absolute atomic E-state index is 11.9. The molecule has 0 amide bonds. The van der Waals surface area contributed by atoms with Gasteiger partial charge in [0.15, 0.2) is 0 Å². The molecule has 3 fully saturated rings. The van der Waals surface area contributed by atoms with E-state index in [1.807, 2.05) is 6.92 Å². The fourth-order valence-corrected chi connectivity index (χ4v) is 6.49. The molecule has 0 aliphatic heterocycles. The largest absolute Gasteiger partial charge is 0.300 e. The summed E-state index contributed by atoms with van der Waals surface area (Å²) >= 11 is 4.01. The van der Waals surface area contributed by atoms with Gasteiger partial charge in [-0.2, -0.15) is 0 Å². The Labute approximate surface area is 113 Å². The standard InChI is InChI=1S/C15H23BrO/c1-9(17)11-5-4-6-15-8-10(7-12(11)15)14(2,3)13(15)16/h10-13H,4-8H2,1-3H3/t10-,11+,12+,13-,15+/m0/s1. The SMILES string of the molecule is CC(=O)[C@H]1CCC[C@@]23C[C@H](C[C@H]12)C(C)(C)[C@@H]3Br. The van der Waals surface area contributed by atoms with E-state index in [-0.39, 0.29) is 0 Å². The minimum Gasteiger partial charge on any atom is -0.300 e. The van der Waals surface area contributed by atoms with Crippen LogP contribution in [-0.2, 0) is 4.79 Å². The third kappa shape index (κ3) is 1.39. The molecule has 3 saturated carbocycles. The molecule has 3 aliphatic rings. The Kier molecular flexibility index (Phi) is 2.57. The summed E-state index contributed by atoms with van der Waals surface area (Å²) in [5.74, 6) is 2.32. The minimum atomic E-state index is 0.366. The van der Waals surface area contributed by atoms with Crippen molar-refractivity contribution in [1.29, 1.82) is 0 Å². The number of hydrogen-bond donors (Lipinski definition) is 0. The van der Waals surface area contributed by atoms with Crippen LogP contribution < -0.4 is 0 Å². The Hall–Kier alpha value is 0.150. The summed E-state index contributed by atoms with van der Waals surface area (Å²) in [4.78, 5) is 12.5. The molecular weight excluding hydrogens is 276 g/mol. The molecule has 3 rings (SSSR count). The molecule has 2 heteroatoms. The molecule has 0 aromatic heterocycles. The molecule has 0 radical (unpaired) electrons. The van der Waals surface area contributed by atoms with Gasteiger partial charge in [0.2, 0.25) is 0 Å². The highest BCUT2D eigenvalue weighted by Crippen LogP contribution is 2.72. The maximum Gasteiger partial charge on any atom is 0.133 e. The van der Waals surface area contributed by atoms with Gasteiger partial charge in [0, 0.05) is 10.7 Å². The van der Waals surface area contributed by atoms with Crippen molar-refractivity contribution >= 4 is 21.7 Å². The average molecular weight is 299 g/mol. The zero-order chi connectivity index (χ0) is 12.4. The van der Waals surface area contributed by atoms with Crippen molar-refractivity contribution in [1.82, 2.24) is 0 Å². The number of Topliss-reactive ketones (excluding diaryl/α,β-unsaturated/α-hetero) is 1. The Balaban J connectivity index is 1.98. The highest BCUT2D eigenvalue weighted by atomic mass is 79.9. The molecule has 0 saturated heterocycles. The van der Waals surface area contributed by atoms with Crippen LogP contribution in [0, 0.1) is 28.6 Å². The van der Waals surface area contributed by atoms with Crippen LogP contribution in [0.1, 0.15) is 52.9 Å². The number of fused-ring (bicyclic) bond motifs is 1. The number of halogens is 1. The lowest BCUT2D eigenvalue weighted by Gasteiger charge is -2.51. The first-order valence-corrected chi connectivity index (χ1v) is 7.95. The number of carbonyl (C=O) groups excluding carboxylic acids is 1. The van der Waals surface area contributed by atoms with Gasteiger partial charge in [-0.15, -0.1) is 0 Å². The molecule has 0 heterocycles. The summed E-state index contributed by atoms with van der Waals surface area (Å²) in [7, 11) is 0. The van der Waals surface area contributed by atoms with E-state index in [1.54, 1.807) is 0 Å². The van der Waals surface area contributed by atoms with E-state index in [0.717, 1.165) is 12.3 Å². The van der Waals surface area contributed by atoms with Crippen LogP contribution in [-0.4, -0.2) is 10.6 Å². The number of carbonyl (C=O) groups is 1. The molecule has 0 unspecified atom stereocenters. The molecule has 96 valence electrons. The third-order valence-corrected chi connectivity index (χ3v) is 8.37.